The molecule has 1 rings (SSSR count). The maximum atomic E-state index is 12.1. The van der Waals surface area contributed by atoms with Gasteiger partial charge in [0, 0.05) is 16.7 Å². The summed E-state index contributed by atoms with van der Waals surface area (Å²) in [6, 6.07) is 4.12. The SMILES string of the molecule is CC(C)(C)C(=O)c1cc(NSC(F)(F)F)ccc1Cl. The molecule has 106 valence electrons. The quantitative estimate of drug-likeness (QED) is 0.618. The van der Waals surface area contributed by atoms with Crippen LogP contribution in [0.4, 0.5) is 18.9 Å². The third-order valence-electron chi connectivity index (χ3n) is 2.18. The van der Waals surface area contributed by atoms with Crippen LogP contribution in [0.15, 0.2) is 18.2 Å². The molecule has 19 heavy (non-hydrogen) atoms. The highest BCUT2D eigenvalue weighted by Gasteiger charge is 2.29. The normalized spacial score (nSPS) is 12.4. The lowest BCUT2D eigenvalue weighted by atomic mass is 9.86. The van der Waals surface area contributed by atoms with Crippen LogP contribution in [0.1, 0.15) is 31.1 Å². The van der Waals surface area contributed by atoms with Crippen molar-refractivity contribution < 1.29 is 18.0 Å². The average Bonchev–Trinajstić information content (AvgIpc) is 2.24. The number of alkyl halides is 3. The van der Waals surface area contributed by atoms with Crippen molar-refractivity contribution in [1.29, 1.82) is 0 Å². The molecule has 0 atom stereocenters. The number of halogens is 4. The summed E-state index contributed by atoms with van der Waals surface area (Å²) in [5, 5.41) is 0.225. The Bertz CT molecular complexity index is 483. The zero-order valence-corrected chi connectivity index (χ0v) is 12.1. The van der Waals surface area contributed by atoms with Crippen LogP contribution in [0.3, 0.4) is 0 Å². The van der Waals surface area contributed by atoms with Crippen LogP contribution in [0.25, 0.3) is 0 Å². The summed E-state index contributed by atoms with van der Waals surface area (Å²) in [5.74, 6) is -0.224. The Hall–Kier alpha value is -0.880. The van der Waals surface area contributed by atoms with Crippen LogP contribution >= 0.6 is 23.5 Å². The van der Waals surface area contributed by atoms with Crippen LogP contribution in [0.5, 0.6) is 0 Å². The van der Waals surface area contributed by atoms with E-state index in [1.165, 1.54) is 18.2 Å². The van der Waals surface area contributed by atoms with E-state index in [0.717, 1.165) is 0 Å². The second kappa shape index (κ2) is 5.63. The number of carbonyl (C=O) groups excluding carboxylic acids is 1. The molecule has 2 nitrogen and oxygen atoms in total. The van der Waals surface area contributed by atoms with Gasteiger partial charge in [-0.25, -0.2) is 0 Å². The van der Waals surface area contributed by atoms with Crippen molar-refractivity contribution in [2.45, 2.75) is 26.3 Å². The van der Waals surface area contributed by atoms with Crippen molar-refractivity contribution >= 4 is 35.0 Å². The third-order valence-corrected chi connectivity index (χ3v) is 3.08. The van der Waals surface area contributed by atoms with Gasteiger partial charge in [-0.3, -0.25) is 4.79 Å². The predicted molar refractivity (Wildman–Crippen MR) is 72.5 cm³/mol. The van der Waals surface area contributed by atoms with Crippen molar-refractivity contribution in [2.75, 3.05) is 4.72 Å². The van der Waals surface area contributed by atoms with Gasteiger partial charge < -0.3 is 4.72 Å². The van der Waals surface area contributed by atoms with Gasteiger partial charge in [-0.05, 0) is 18.2 Å². The van der Waals surface area contributed by atoms with E-state index >= 15 is 0 Å². The first-order chi connectivity index (χ1) is 8.50. The van der Waals surface area contributed by atoms with Gasteiger partial charge in [-0.2, -0.15) is 13.2 Å². The van der Waals surface area contributed by atoms with Gasteiger partial charge in [0.05, 0.1) is 17.0 Å². The third kappa shape index (κ3) is 4.95. The fourth-order valence-electron chi connectivity index (χ4n) is 1.28. The monoisotopic (exact) mass is 311 g/mol. The highest BCUT2D eigenvalue weighted by Crippen LogP contribution is 2.33. The van der Waals surface area contributed by atoms with Crippen LogP contribution in [-0.4, -0.2) is 11.3 Å². The lowest BCUT2D eigenvalue weighted by molar-refractivity contribution is -0.0323. The Balaban J connectivity index is 2.98. The molecule has 1 aromatic rings. The highest BCUT2D eigenvalue weighted by molar-refractivity contribution is 8.01. The van der Waals surface area contributed by atoms with E-state index in [9.17, 15) is 18.0 Å². The molecule has 0 heterocycles. The molecular weight excluding hydrogens is 299 g/mol. The summed E-state index contributed by atoms with van der Waals surface area (Å²) in [4.78, 5) is 12.1. The number of Topliss-reactive ketones (excluding diaryl/α,β-unsaturated/α-hetero) is 1. The van der Waals surface area contributed by atoms with E-state index < -0.39 is 10.9 Å². The molecular formula is C12H13ClF3NOS. The Kier molecular flexibility index (Phi) is 4.79. The number of nitrogens with one attached hydrogen (secondary N) is 1. The minimum atomic E-state index is -4.40. The first kappa shape index (κ1) is 16.2. The molecule has 0 fully saturated rings. The lowest BCUT2D eigenvalue weighted by Crippen LogP contribution is -2.20. The fraction of sp³-hybridized carbons (Fsp3) is 0.417. The minimum Gasteiger partial charge on any atom is -0.323 e. The van der Waals surface area contributed by atoms with Crippen molar-refractivity contribution in [3.63, 3.8) is 0 Å². The van der Waals surface area contributed by atoms with E-state index in [-0.39, 0.29) is 34.0 Å². The lowest BCUT2D eigenvalue weighted by Gasteiger charge is -2.18. The topological polar surface area (TPSA) is 29.1 Å². The summed E-state index contributed by atoms with van der Waals surface area (Å²) < 4.78 is 38.4. The van der Waals surface area contributed by atoms with E-state index in [1.54, 1.807) is 20.8 Å². The standard InChI is InChI=1S/C12H13ClF3NOS/c1-11(2,3)10(18)8-6-7(4-5-9(8)13)17-19-12(14,15)16/h4-6,17H,1-3H3. The molecule has 0 unspecified atom stereocenters. The first-order valence-electron chi connectivity index (χ1n) is 5.36. The molecule has 0 aliphatic rings. The van der Waals surface area contributed by atoms with Gasteiger partial charge in [-0.1, -0.05) is 32.4 Å². The molecule has 0 radical (unpaired) electrons. The summed E-state index contributed by atoms with van der Waals surface area (Å²) in [7, 11) is 0. The number of rotatable bonds is 3. The van der Waals surface area contributed by atoms with Gasteiger partial charge in [0.15, 0.2) is 5.78 Å². The molecule has 0 spiro atoms. The zero-order chi connectivity index (χ0) is 14.8. The molecule has 1 N–H and O–H groups in total. The molecule has 0 saturated carbocycles. The maximum Gasteiger partial charge on any atom is 0.461 e. The Morgan fingerprint density at radius 1 is 1.26 bits per heavy atom. The second-order valence-electron chi connectivity index (χ2n) is 4.92. The van der Waals surface area contributed by atoms with Gasteiger partial charge in [0.2, 0.25) is 0 Å². The largest absolute Gasteiger partial charge is 0.461 e. The van der Waals surface area contributed by atoms with Crippen molar-refractivity contribution in [3.8, 4) is 0 Å². The first-order valence-corrected chi connectivity index (χ1v) is 6.55. The zero-order valence-electron chi connectivity index (χ0n) is 10.6. The van der Waals surface area contributed by atoms with E-state index in [1.807, 2.05) is 0 Å². The molecule has 0 saturated heterocycles. The van der Waals surface area contributed by atoms with Crippen LogP contribution in [-0.2, 0) is 0 Å². The average molecular weight is 312 g/mol. The van der Waals surface area contributed by atoms with Gasteiger partial charge >= 0.3 is 5.51 Å². The van der Waals surface area contributed by atoms with E-state index in [0.29, 0.717) is 0 Å². The molecule has 0 amide bonds. The number of carbonyl (C=O) groups is 1. The Morgan fingerprint density at radius 2 is 1.84 bits per heavy atom. The Labute approximate surface area is 118 Å². The summed E-state index contributed by atoms with van der Waals surface area (Å²) in [6.07, 6.45) is 0. The Morgan fingerprint density at radius 3 is 2.32 bits per heavy atom. The molecule has 7 heteroatoms. The molecule has 0 aliphatic heterocycles. The number of hydrogen-bond acceptors (Lipinski definition) is 3. The van der Waals surface area contributed by atoms with Gasteiger partial charge in [0.1, 0.15) is 0 Å². The van der Waals surface area contributed by atoms with E-state index in [2.05, 4.69) is 4.72 Å². The van der Waals surface area contributed by atoms with Crippen LogP contribution < -0.4 is 4.72 Å². The minimum absolute atomic E-state index is 0.180. The van der Waals surface area contributed by atoms with Crippen LogP contribution in [0.2, 0.25) is 5.02 Å². The van der Waals surface area contributed by atoms with Gasteiger partial charge in [0.25, 0.3) is 0 Å². The summed E-state index contributed by atoms with van der Waals surface area (Å²) >= 11 is 5.53. The number of hydrogen-bond donors (Lipinski definition) is 1. The predicted octanol–water partition coefficient (Wildman–Crippen LogP) is 5.15. The highest BCUT2D eigenvalue weighted by atomic mass is 35.5. The van der Waals surface area contributed by atoms with Crippen molar-refractivity contribution in [3.05, 3.63) is 28.8 Å². The number of ketones is 1. The number of benzene rings is 1. The second-order valence-corrected chi connectivity index (χ2v) is 6.20. The molecule has 0 bridgehead atoms. The van der Waals surface area contributed by atoms with Gasteiger partial charge in [-0.15, -0.1) is 0 Å². The summed E-state index contributed by atoms with van der Waals surface area (Å²) in [6.45, 7) is 5.16. The smallest absolute Gasteiger partial charge is 0.323 e. The fourth-order valence-corrected chi connectivity index (χ4v) is 1.85. The number of anilines is 1. The summed E-state index contributed by atoms with van der Waals surface area (Å²) in [5.41, 5.74) is -4.66. The van der Waals surface area contributed by atoms with Crippen molar-refractivity contribution in [2.24, 2.45) is 5.41 Å². The van der Waals surface area contributed by atoms with Crippen molar-refractivity contribution in [1.82, 2.24) is 0 Å². The van der Waals surface area contributed by atoms with E-state index in [4.69, 9.17) is 11.6 Å². The molecule has 0 aromatic heterocycles. The van der Waals surface area contributed by atoms with Crippen LogP contribution in [0, 0.1) is 5.41 Å². The molecule has 0 aliphatic carbocycles. The molecule has 1 aromatic carbocycles. The maximum absolute atomic E-state index is 12.1.